The van der Waals surface area contributed by atoms with Gasteiger partial charge in [-0.3, -0.25) is 4.90 Å². The third-order valence-corrected chi connectivity index (χ3v) is 5.89. The summed E-state index contributed by atoms with van der Waals surface area (Å²) < 4.78 is 6.05. The second-order valence-electron chi connectivity index (χ2n) is 9.39. The number of hydrogen-bond acceptors (Lipinski definition) is 4. The standard InChI is InChI=1S/C21H43N3O/c1-17(2)22-19-9-13-24(14-10-19)21(5,6)11-15-23-12-7-8-20(16-23)25-18(3)4/h17-20,22H,7-16H2,1-6H3. The summed E-state index contributed by atoms with van der Waals surface area (Å²) in [6, 6.07) is 1.31. The summed E-state index contributed by atoms with van der Waals surface area (Å²) in [6.45, 7) is 19.7. The van der Waals surface area contributed by atoms with Gasteiger partial charge in [0.15, 0.2) is 0 Å². The molecule has 4 heteroatoms. The van der Waals surface area contributed by atoms with E-state index in [0.717, 1.165) is 6.54 Å². The van der Waals surface area contributed by atoms with Gasteiger partial charge in [0.05, 0.1) is 12.2 Å². The first-order valence-electron chi connectivity index (χ1n) is 10.6. The lowest BCUT2D eigenvalue weighted by atomic mass is 9.92. The molecule has 148 valence electrons. The molecule has 1 N–H and O–H groups in total. The summed E-state index contributed by atoms with van der Waals surface area (Å²) in [5, 5.41) is 3.71. The molecule has 2 heterocycles. The third kappa shape index (κ3) is 7.16. The van der Waals surface area contributed by atoms with Crippen LogP contribution in [0.4, 0.5) is 0 Å². The van der Waals surface area contributed by atoms with Crippen LogP contribution < -0.4 is 5.32 Å². The normalized spacial score (nSPS) is 25.2. The molecule has 0 aromatic carbocycles. The van der Waals surface area contributed by atoms with E-state index in [0.29, 0.717) is 29.8 Å². The molecule has 0 amide bonds. The van der Waals surface area contributed by atoms with Crippen LogP contribution in [0.3, 0.4) is 0 Å². The van der Waals surface area contributed by atoms with Crippen molar-refractivity contribution in [3.05, 3.63) is 0 Å². The van der Waals surface area contributed by atoms with Crippen molar-refractivity contribution >= 4 is 0 Å². The first kappa shape index (κ1) is 21.1. The molecule has 0 radical (unpaired) electrons. The molecule has 0 spiro atoms. The van der Waals surface area contributed by atoms with Gasteiger partial charge in [0.25, 0.3) is 0 Å². The van der Waals surface area contributed by atoms with Gasteiger partial charge < -0.3 is 15.0 Å². The molecule has 0 aromatic rings. The highest BCUT2D eigenvalue weighted by Crippen LogP contribution is 2.25. The van der Waals surface area contributed by atoms with E-state index in [9.17, 15) is 0 Å². The van der Waals surface area contributed by atoms with E-state index < -0.39 is 0 Å². The zero-order valence-electron chi connectivity index (χ0n) is 17.7. The van der Waals surface area contributed by atoms with Gasteiger partial charge in [-0.2, -0.15) is 0 Å². The number of likely N-dealkylation sites (tertiary alicyclic amines) is 2. The minimum absolute atomic E-state index is 0.300. The van der Waals surface area contributed by atoms with Gasteiger partial charge in [0.2, 0.25) is 0 Å². The number of nitrogens with zero attached hydrogens (tertiary/aromatic N) is 2. The molecule has 1 atom stereocenters. The maximum absolute atomic E-state index is 6.05. The van der Waals surface area contributed by atoms with E-state index in [1.54, 1.807) is 0 Å². The zero-order chi connectivity index (χ0) is 18.4. The Morgan fingerprint density at radius 2 is 1.72 bits per heavy atom. The van der Waals surface area contributed by atoms with E-state index in [4.69, 9.17) is 4.74 Å². The molecular formula is C21H43N3O. The van der Waals surface area contributed by atoms with Crippen LogP contribution in [0.5, 0.6) is 0 Å². The second-order valence-corrected chi connectivity index (χ2v) is 9.39. The molecule has 2 aliphatic heterocycles. The smallest absolute Gasteiger partial charge is 0.0705 e. The number of piperidine rings is 2. The Hall–Kier alpha value is -0.160. The lowest BCUT2D eigenvalue weighted by Gasteiger charge is -2.45. The molecule has 25 heavy (non-hydrogen) atoms. The van der Waals surface area contributed by atoms with Crippen molar-refractivity contribution in [1.29, 1.82) is 0 Å². The predicted octanol–water partition coefficient (Wildman–Crippen LogP) is 3.51. The molecule has 2 fully saturated rings. The predicted molar refractivity (Wildman–Crippen MR) is 107 cm³/mol. The summed E-state index contributed by atoms with van der Waals surface area (Å²) in [5.74, 6) is 0. The molecule has 0 bridgehead atoms. The summed E-state index contributed by atoms with van der Waals surface area (Å²) in [6.07, 6.45) is 7.13. The van der Waals surface area contributed by atoms with Crippen LogP contribution in [0.1, 0.15) is 73.6 Å². The quantitative estimate of drug-likeness (QED) is 0.723. The van der Waals surface area contributed by atoms with Crippen LogP contribution >= 0.6 is 0 Å². The average molecular weight is 354 g/mol. The SMILES string of the molecule is CC(C)NC1CCN(C(C)(C)CCN2CCCC(OC(C)C)C2)CC1. The summed E-state index contributed by atoms with van der Waals surface area (Å²) >= 11 is 0. The van der Waals surface area contributed by atoms with Crippen molar-refractivity contribution < 1.29 is 4.74 Å². The highest BCUT2D eigenvalue weighted by molar-refractivity contribution is 4.89. The first-order chi connectivity index (χ1) is 11.8. The minimum atomic E-state index is 0.300. The Morgan fingerprint density at radius 3 is 2.32 bits per heavy atom. The molecule has 4 nitrogen and oxygen atoms in total. The molecule has 1 unspecified atom stereocenters. The fourth-order valence-corrected chi connectivity index (χ4v) is 4.42. The monoisotopic (exact) mass is 353 g/mol. The zero-order valence-corrected chi connectivity index (χ0v) is 17.7. The number of ether oxygens (including phenoxy) is 1. The largest absolute Gasteiger partial charge is 0.374 e. The molecule has 0 aromatic heterocycles. The van der Waals surface area contributed by atoms with Gasteiger partial charge >= 0.3 is 0 Å². The van der Waals surface area contributed by atoms with Crippen molar-refractivity contribution in [3.63, 3.8) is 0 Å². The van der Waals surface area contributed by atoms with E-state index in [2.05, 4.69) is 56.7 Å². The van der Waals surface area contributed by atoms with Crippen molar-refractivity contribution in [2.45, 2.75) is 103 Å². The van der Waals surface area contributed by atoms with Gasteiger partial charge in [-0.05, 0) is 72.9 Å². The topological polar surface area (TPSA) is 27.7 Å². The highest BCUT2D eigenvalue weighted by Gasteiger charge is 2.31. The lowest BCUT2D eigenvalue weighted by Crippen LogP contribution is -2.53. The van der Waals surface area contributed by atoms with Gasteiger partial charge in [0, 0.05) is 37.3 Å². The van der Waals surface area contributed by atoms with Crippen LogP contribution in [0.2, 0.25) is 0 Å². The van der Waals surface area contributed by atoms with E-state index in [-0.39, 0.29) is 0 Å². The van der Waals surface area contributed by atoms with Crippen LogP contribution in [-0.2, 0) is 4.74 Å². The Balaban J connectivity index is 1.74. The molecule has 2 aliphatic rings. The number of nitrogens with one attached hydrogen (secondary N) is 1. The average Bonchev–Trinajstić information content (AvgIpc) is 2.53. The van der Waals surface area contributed by atoms with Crippen LogP contribution in [0.25, 0.3) is 0 Å². The molecule has 0 aliphatic carbocycles. The number of hydrogen-bond donors (Lipinski definition) is 1. The Kier molecular flexibility index (Phi) is 8.19. The van der Waals surface area contributed by atoms with Crippen molar-refractivity contribution in [2.24, 2.45) is 0 Å². The van der Waals surface area contributed by atoms with E-state index in [1.807, 2.05) is 0 Å². The van der Waals surface area contributed by atoms with Crippen LogP contribution in [0, 0.1) is 0 Å². The highest BCUT2D eigenvalue weighted by atomic mass is 16.5. The van der Waals surface area contributed by atoms with Crippen LogP contribution in [-0.4, -0.2) is 72.4 Å². The number of rotatable bonds is 8. The van der Waals surface area contributed by atoms with Crippen molar-refractivity contribution in [3.8, 4) is 0 Å². The van der Waals surface area contributed by atoms with Gasteiger partial charge in [-0.25, -0.2) is 0 Å². The first-order valence-corrected chi connectivity index (χ1v) is 10.6. The molecule has 0 saturated carbocycles. The van der Waals surface area contributed by atoms with Crippen molar-refractivity contribution in [2.75, 3.05) is 32.7 Å². The van der Waals surface area contributed by atoms with Crippen LogP contribution in [0.15, 0.2) is 0 Å². The third-order valence-electron chi connectivity index (χ3n) is 5.89. The molecular weight excluding hydrogens is 310 g/mol. The fourth-order valence-electron chi connectivity index (χ4n) is 4.42. The molecule has 2 rings (SSSR count). The summed E-state index contributed by atoms with van der Waals surface area (Å²) in [5.41, 5.74) is 0.300. The van der Waals surface area contributed by atoms with E-state index >= 15 is 0 Å². The Morgan fingerprint density at radius 1 is 1.04 bits per heavy atom. The summed E-state index contributed by atoms with van der Waals surface area (Å²) in [7, 11) is 0. The van der Waals surface area contributed by atoms with Gasteiger partial charge in [-0.15, -0.1) is 0 Å². The fraction of sp³-hybridized carbons (Fsp3) is 1.00. The van der Waals surface area contributed by atoms with Gasteiger partial charge in [-0.1, -0.05) is 13.8 Å². The Labute approximate surface area is 156 Å². The maximum atomic E-state index is 6.05. The molecule has 2 saturated heterocycles. The van der Waals surface area contributed by atoms with Gasteiger partial charge in [0.1, 0.15) is 0 Å². The second kappa shape index (κ2) is 9.68. The van der Waals surface area contributed by atoms with E-state index in [1.165, 1.54) is 58.3 Å². The van der Waals surface area contributed by atoms with Crippen molar-refractivity contribution in [1.82, 2.24) is 15.1 Å². The minimum Gasteiger partial charge on any atom is -0.374 e. The Bertz CT molecular complexity index is 375. The maximum Gasteiger partial charge on any atom is 0.0705 e. The summed E-state index contributed by atoms with van der Waals surface area (Å²) in [4.78, 5) is 5.35. The lowest BCUT2D eigenvalue weighted by molar-refractivity contribution is -0.0364.